The molecule has 26 heavy (non-hydrogen) atoms. The lowest BCUT2D eigenvalue weighted by Gasteiger charge is -2.18. The van der Waals surface area contributed by atoms with E-state index in [2.05, 4.69) is 27.4 Å². The van der Waals surface area contributed by atoms with E-state index in [-0.39, 0.29) is 5.97 Å². The molecular formula is C20H20N4O2. The molecule has 0 unspecified atom stereocenters. The van der Waals surface area contributed by atoms with Crippen molar-refractivity contribution in [2.75, 3.05) is 24.4 Å². The van der Waals surface area contributed by atoms with Crippen LogP contribution in [0.3, 0.4) is 0 Å². The predicted molar refractivity (Wildman–Crippen MR) is 102 cm³/mol. The Hall–Kier alpha value is -3.41. The quantitative estimate of drug-likeness (QED) is 0.686. The van der Waals surface area contributed by atoms with Crippen LogP contribution in [0.5, 0.6) is 0 Å². The SMILES string of the molecule is COC(=O)c1cccc(Nc2nccc(N(C)Cc3ccccc3)n2)c1. The second kappa shape index (κ2) is 8.11. The fourth-order valence-corrected chi connectivity index (χ4v) is 2.53. The lowest BCUT2D eigenvalue weighted by atomic mass is 10.2. The summed E-state index contributed by atoms with van der Waals surface area (Å²) in [5, 5.41) is 3.13. The molecule has 0 amide bonds. The highest BCUT2D eigenvalue weighted by atomic mass is 16.5. The fraction of sp³-hybridized carbons (Fsp3) is 0.150. The first kappa shape index (κ1) is 17.4. The summed E-state index contributed by atoms with van der Waals surface area (Å²) in [6, 6.07) is 19.1. The number of esters is 1. The number of anilines is 3. The van der Waals surface area contributed by atoms with Gasteiger partial charge in [0.25, 0.3) is 0 Å². The second-order valence-corrected chi connectivity index (χ2v) is 5.78. The molecule has 2 aromatic carbocycles. The molecule has 0 aliphatic rings. The summed E-state index contributed by atoms with van der Waals surface area (Å²) in [7, 11) is 3.34. The third-order valence-corrected chi connectivity index (χ3v) is 3.83. The number of rotatable bonds is 6. The highest BCUT2D eigenvalue weighted by Crippen LogP contribution is 2.18. The van der Waals surface area contributed by atoms with Crippen LogP contribution in [0.1, 0.15) is 15.9 Å². The molecule has 0 radical (unpaired) electrons. The highest BCUT2D eigenvalue weighted by Gasteiger charge is 2.08. The van der Waals surface area contributed by atoms with E-state index in [0.717, 1.165) is 18.1 Å². The van der Waals surface area contributed by atoms with Gasteiger partial charge in [-0.25, -0.2) is 9.78 Å². The van der Waals surface area contributed by atoms with Gasteiger partial charge < -0.3 is 15.0 Å². The number of aromatic nitrogens is 2. The Kier molecular flexibility index (Phi) is 5.43. The van der Waals surface area contributed by atoms with E-state index in [9.17, 15) is 4.79 Å². The summed E-state index contributed by atoms with van der Waals surface area (Å²) in [5.74, 6) is 0.880. The van der Waals surface area contributed by atoms with Crippen LogP contribution < -0.4 is 10.2 Å². The Bertz CT molecular complexity index is 884. The highest BCUT2D eigenvalue weighted by molar-refractivity contribution is 5.90. The minimum absolute atomic E-state index is 0.383. The summed E-state index contributed by atoms with van der Waals surface area (Å²) < 4.78 is 4.74. The van der Waals surface area contributed by atoms with Gasteiger partial charge in [0.1, 0.15) is 5.82 Å². The molecular weight excluding hydrogens is 328 g/mol. The lowest BCUT2D eigenvalue weighted by molar-refractivity contribution is 0.0601. The Balaban J connectivity index is 1.74. The molecule has 0 fully saturated rings. The minimum Gasteiger partial charge on any atom is -0.465 e. The van der Waals surface area contributed by atoms with Crippen molar-refractivity contribution < 1.29 is 9.53 Å². The fourth-order valence-electron chi connectivity index (χ4n) is 2.53. The van der Waals surface area contributed by atoms with E-state index < -0.39 is 0 Å². The van der Waals surface area contributed by atoms with Crippen molar-refractivity contribution in [1.29, 1.82) is 0 Å². The van der Waals surface area contributed by atoms with E-state index in [1.807, 2.05) is 42.3 Å². The summed E-state index contributed by atoms with van der Waals surface area (Å²) in [6.45, 7) is 0.745. The normalized spacial score (nSPS) is 10.2. The zero-order chi connectivity index (χ0) is 18.4. The third-order valence-electron chi connectivity index (χ3n) is 3.83. The van der Waals surface area contributed by atoms with Gasteiger partial charge in [-0.3, -0.25) is 0 Å². The van der Waals surface area contributed by atoms with Crippen LogP contribution in [0.15, 0.2) is 66.9 Å². The molecule has 1 N–H and O–H groups in total. The van der Waals surface area contributed by atoms with E-state index in [1.165, 1.54) is 12.7 Å². The number of hydrogen-bond acceptors (Lipinski definition) is 6. The maximum atomic E-state index is 11.6. The van der Waals surface area contributed by atoms with E-state index in [0.29, 0.717) is 11.5 Å². The Morgan fingerprint density at radius 2 is 1.92 bits per heavy atom. The molecule has 0 saturated carbocycles. The number of nitrogens with one attached hydrogen (secondary N) is 1. The number of carbonyl (C=O) groups excluding carboxylic acids is 1. The predicted octanol–water partition coefficient (Wildman–Crippen LogP) is 3.64. The summed E-state index contributed by atoms with van der Waals surface area (Å²) >= 11 is 0. The smallest absolute Gasteiger partial charge is 0.337 e. The van der Waals surface area contributed by atoms with Gasteiger partial charge in [-0.2, -0.15) is 4.98 Å². The average Bonchev–Trinajstić information content (AvgIpc) is 2.68. The molecule has 0 spiro atoms. The van der Waals surface area contributed by atoms with Crippen molar-refractivity contribution in [3.05, 3.63) is 78.0 Å². The zero-order valence-corrected chi connectivity index (χ0v) is 14.7. The van der Waals surface area contributed by atoms with Gasteiger partial charge in [-0.15, -0.1) is 0 Å². The van der Waals surface area contributed by atoms with Gasteiger partial charge in [0.05, 0.1) is 12.7 Å². The van der Waals surface area contributed by atoms with Crippen molar-refractivity contribution in [2.24, 2.45) is 0 Å². The van der Waals surface area contributed by atoms with Crippen molar-refractivity contribution in [2.45, 2.75) is 6.54 Å². The molecule has 0 bridgehead atoms. The van der Waals surface area contributed by atoms with Crippen LogP contribution >= 0.6 is 0 Å². The van der Waals surface area contributed by atoms with Crippen molar-refractivity contribution in [3.63, 3.8) is 0 Å². The Labute approximate surface area is 152 Å². The number of carbonyl (C=O) groups is 1. The zero-order valence-electron chi connectivity index (χ0n) is 14.7. The Morgan fingerprint density at radius 1 is 1.12 bits per heavy atom. The van der Waals surface area contributed by atoms with Crippen LogP contribution in [0.4, 0.5) is 17.5 Å². The van der Waals surface area contributed by atoms with Crippen LogP contribution in [0.25, 0.3) is 0 Å². The van der Waals surface area contributed by atoms with Gasteiger partial charge in [0.2, 0.25) is 5.95 Å². The van der Waals surface area contributed by atoms with Gasteiger partial charge in [-0.1, -0.05) is 36.4 Å². The summed E-state index contributed by atoms with van der Waals surface area (Å²) in [4.78, 5) is 22.5. The molecule has 0 atom stereocenters. The lowest BCUT2D eigenvalue weighted by Crippen LogP contribution is -2.18. The van der Waals surface area contributed by atoms with Crippen molar-refractivity contribution >= 4 is 23.4 Å². The maximum absolute atomic E-state index is 11.6. The standard InChI is InChI=1S/C20H20N4O2/c1-24(14-15-7-4-3-5-8-15)18-11-12-21-20(23-18)22-17-10-6-9-16(13-17)19(25)26-2/h3-13H,14H2,1-2H3,(H,21,22,23). The second-order valence-electron chi connectivity index (χ2n) is 5.78. The van der Waals surface area contributed by atoms with E-state index in [4.69, 9.17) is 4.74 Å². The first-order valence-corrected chi connectivity index (χ1v) is 8.19. The number of hydrogen-bond donors (Lipinski definition) is 1. The molecule has 1 aromatic heterocycles. The average molecular weight is 348 g/mol. The van der Waals surface area contributed by atoms with Gasteiger partial charge >= 0.3 is 5.97 Å². The Morgan fingerprint density at radius 3 is 2.69 bits per heavy atom. The minimum atomic E-state index is -0.383. The first-order chi connectivity index (χ1) is 12.7. The number of nitrogens with zero attached hydrogens (tertiary/aromatic N) is 3. The summed E-state index contributed by atoms with van der Waals surface area (Å²) in [6.07, 6.45) is 1.70. The van der Waals surface area contributed by atoms with Crippen LogP contribution in [0.2, 0.25) is 0 Å². The van der Waals surface area contributed by atoms with Gasteiger partial charge in [0, 0.05) is 25.5 Å². The van der Waals surface area contributed by atoms with Gasteiger partial charge in [-0.05, 0) is 29.8 Å². The maximum Gasteiger partial charge on any atom is 0.337 e. The number of methoxy groups -OCH3 is 1. The first-order valence-electron chi connectivity index (χ1n) is 8.19. The molecule has 6 heteroatoms. The topological polar surface area (TPSA) is 67.3 Å². The molecule has 0 saturated heterocycles. The van der Waals surface area contributed by atoms with E-state index in [1.54, 1.807) is 24.4 Å². The van der Waals surface area contributed by atoms with E-state index >= 15 is 0 Å². The molecule has 132 valence electrons. The van der Waals surface area contributed by atoms with Crippen molar-refractivity contribution in [3.8, 4) is 0 Å². The number of ether oxygens (including phenoxy) is 1. The summed E-state index contributed by atoms with van der Waals surface area (Å²) in [5.41, 5.74) is 2.39. The monoisotopic (exact) mass is 348 g/mol. The molecule has 6 nitrogen and oxygen atoms in total. The molecule has 3 aromatic rings. The van der Waals surface area contributed by atoms with Gasteiger partial charge in [0.15, 0.2) is 0 Å². The van der Waals surface area contributed by atoms with Crippen LogP contribution in [0, 0.1) is 0 Å². The molecule has 1 heterocycles. The molecule has 3 rings (SSSR count). The molecule has 0 aliphatic heterocycles. The largest absolute Gasteiger partial charge is 0.465 e. The third kappa shape index (κ3) is 4.36. The molecule has 0 aliphatic carbocycles. The van der Waals surface area contributed by atoms with Crippen LogP contribution in [-0.2, 0) is 11.3 Å². The number of benzene rings is 2. The van der Waals surface area contributed by atoms with Crippen LogP contribution in [-0.4, -0.2) is 30.1 Å². The van der Waals surface area contributed by atoms with Crippen molar-refractivity contribution in [1.82, 2.24) is 9.97 Å².